The number of carboxylic acid groups (broad SMARTS) is 2. The zero-order chi connectivity index (χ0) is 41.7. The Morgan fingerprint density at radius 2 is 1.30 bits per heavy atom. The van der Waals surface area contributed by atoms with Crippen molar-refractivity contribution in [3.63, 3.8) is 0 Å². The van der Waals surface area contributed by atoms with Crippen LogP contribution in [0.5, 0.6) is 11.5 Å². The second-order valence-corrected chi connectivity index (χ2v) is 13.4. The van der Waals surface area contributed by atoms with Crippen LogP contribution in [0, 0.1) is 0 Å². The topological polar surface area (TPSA) is 341 Å². The molecule has 0 aromatic heterocycles. The molecule has 20 heteroatoms. The summed E-state index contributed by atoms with van der Waals surface area (Å²) in [5.41, 5.74) is 12.4. The van der Waals surface area contributed by atoms with Gasteiger partial charge in [0, 0.05) is 19.4 Å². The molecule has 3 rings (SSSR count). The Kier molecular flexibility index (Phi) is 16.1. The molecule has 2 aromatic carbocycles. The molecule has 13 N–H and O–H groups in total. The van der Waals surface area contributed by atoms with E-state index in [0.29, 0.717) is 11.1 Å². The lowest BCUT2D eigenvalue weighted by atomic mass is 10.0. The number of carbonyl (C=O) groups is 8. The minimum absolute atomic E-state index is 0.0144. The van der Waals surface area contributed by atoms with Crippen LogP contribution in [-0.4, -0.2) is 127 Å². The van der Waals surface area contributed by atoms with Gasteiger partial charge < -0.3 is 63.2 Å². The molecular weight excluding hydrogens is 738 g/mol. The predicted octanol–water partition coefficient (Wildman–Crippen LogP) is -2.65. The fraction of sp³-hybridized carbons (Fsp3) is 0.444. The van der Waals surface area contributed by atoms with Gasteiger partial charge in [-0.2, -0.15) is 0 Å². The lowest BCUT2D eigenvalue weighted by Crippen LogP contribution is -2.61. The summed E-state index contributed by atoms with van der Waals surface area (Å²) in [7, 11) is 0. The number of phenolic OH excluding ortho intramolecular Hbond substituents is 2. The van der Waals surface area contributed by atoms with Gasteiger partial charge in [-0.25, -0.2) is 4.79 Å². The fourth-order valence-electron chi connectivity index (χ4n) is 5.95. The lowest BCUT2D eigenvalue weighted by molar-refractivity contribution is -0.145. The molecular formula is C36H47N7O13. The lowest BCUT2D eigenvalue weighted by Gasteiger charge is -2.31. The number of nitrogens with one attached hydrogen (secondary N) is 4. The first-order chi connectivity index (χ1) is 26.4. The van der Waals surface area contributed by atoms with Crippen molar-refractivity contribution < 1.29 is 63.9 Å². The number of carboxylic acids is 2. The van der Waals surface area contributed by atoms with Crippen LogP contribution >= 0.6 is 0 Å². The summed E-state index contributed by atoms with van der Waals surface area (Å²) in [6.07, 6.45) is -3.23. The number of amides is 6. The number of aromatic hydroxyl groups is 2. The van der Waals surface area contributed by atoms with Crippen LogP contribution < -0.4 is 32.7 Å². The van der Waals surface area contributed by atoms with Crippen molar-refractivity contribution in [2.45, 2.75) is 94.2 Å². The smallest absolute Gasteiger partial charge is 0.326 e. The highest BCUT2D eigenvalue weighted by Gasteiger charge is 2.41. The molecule has 1 heterocycles. The van der Waals surface area contributed by atoms with Crippen molar-refractivity contribution in [1.29, 1.82) is 0 Å². The number of aliphatic carboxylic acids is 2. The minimum atomic E-state index is -1.68. The number of carbonyl (C=O) groups excluding carboxylic acids is 6. The second kappa shape index (κ2) is 20.4. The number of aliphatic hydroxyl groups excluding tert-OH is 1. The second-order valence-electron chi connectivity index (χ2n) is 13.4. The average molecular weight is 786 g/mol. The van der Waals surface area contributed by atoms with Crippen LogP contribution in [0.2, 0.25) is 0 Å². The number of hydrogen-bond acceptors (Lipinski definition) is 12. The third-order valence-corrected chi connectivity index (χ3v) is 8.92. The predicted molar refractivity (Wildman–Crippen MR) is 194 cm³/mol. The number of primary amides is 1. The van der Waals surface area contributed by atoms with Crippen molar-refractivity contribution in [3.8, 4) is 11.5 Å². The highest BCUT2D eigenvalue weighted by atomic mass is 16.4. The Hall–Kier alpha value is -6.28. The Balaban J connectivity index is 1.74. The first kappa shape index (κ1) is 44.1. The molecule has 0 aliphatic carbocycles. The number of rotatable bonds is 20. The normalized spacial score (nSPS) is 16.9. The Morgan fingerprint density at radius 3 is 1.82 bits per heavy atom. The SMILES string of the molecule is CC(O)C(NC(=O)C1CCCN1C(=O)C(CC(N)=O)NC(=O)C(CCC(=O)O)NC(=O)C(N)Cc1ccc(O)cc1)C(=O)NC(Cc1ccc(O)cc1)C(=O)O. The quantitative estimate of drug-likeness (QED) is 0.0653. The van der Waals surface area contributed by atoms with Crippen LogP contribution in [0.3, 0.4) is 0 Å². The molecule has 304 valence electrons. The Morgan fingerprint density at radius 1 is 0.768 bits per heavy atom. The van der Waals surface area contributed by atoms with Crippen molar-refractivity contribution >= 4 is 47.4 Å². The maximum Gasteiger partial charge on any atom is 0.326 e. The van der Waals surface area contributed by atoms with Gasteiger partial charge in [-0.1, -0.05) is 24.3 Å². The molecule has 1 fully saturated rings. The molecule has 0 spiro atoms. The highest BCUT2D eigenvalue weighted by molar-refractivity contribution is 5.98. The van der Waals surface area contributed by atoms with E-state index >= 15 is 0 Å². The summed E-state index contributed by atoms with van der Waals surface area (Å²) < 4.78 is 0. The van der Waals surface area contributed by atoms with Gasteiger partial charge in [-0.05, 0) is 68.0 Å². The van der Waals surface area contributed by atoms with Gasteiger partial charge in [0.05, 0.1) is 18.6 Å². The molecule has 1 aliphatic rings. The van der Waals surface area contributed by atoms with E-state index in [1.165, 1.54) is 55.5 Å². The first-order valence-corrected chi connectivity index (χ1v) is 17.6. The molecule has 7 atom stereocenters. The van der Waals surface area contributed by atoms with Gasteiger partial charge in [0.15, 0.2) is 0 Å². The van der Waals surface area contributed by atoms with Crippen molar-refractivity contribution in [2.75, 3.05) is 6.54 Å². The standard InChI is InChI=1S/C36H47N7O13/c1-18(44)30(34(53)41-26(36(55)56)16-20-6-10-22(46)11-7-20)42-33(52)27-3-2-14-43(27)35(54)25(17-28(38)47)40-32(51)24(12-13-29(48)49)39-31(50)23(37)15-19-4-8-21(45)9-5-19/h4-11,18,23-27,30,44-46H,2-3,12-17,37H2,1H3,(H2,38,47)(H,39,50)(H,40,51)(H,41,53)(H,42,52)(H,48,49)(H,55,56). The summed E-state index contributed by atoms with van der Waals surface area (Å²) >= 11 is 0. The Bertz CT molecular complexity index is 1750. The van der Waals surface area contributed by atoms with E-state index in [9.17, 15) is 63.9 Å². The molecule has 0 radical (unpaired) electrons. The molecule has 0 bridgehead atoms. The molecule has 1 saturated heterocycles. The first-order valence-electron chi connectivity index (χ1n) is 17.6. The maximum atomic E-state index is 13.8. The van der Waals surface area contributed by atoms with Gasteiger partial charge >= 0.3 is 11.9 Å². The summed E-state index contributed by atoms with van der Waals surface area (Å²) in [5.74, 6) is -8.63. The van der Waals surface area contributed by atoms with E-state index in [0.717, 1.165) is 4.90 Å². The number of hydrogen-bond donors (Lipinski definition) is 11. The number of benzene rings is 2. The number of likely N-dealkylation sites (tertiary alicyclic amines) is 1. The van der Waals surface area contributed by atoms with Crippen molar-refractivity contribution in [3.05, 3.63) is 59.7 Å². The van der Waals surface area contributed by atoms with E-state index in [2.05, 4.69) is 21.3 Å². The van der Waals surface area contributed by atoms with Crippen molar-refractivity contribution in [1.82, 2.24) is 26.2 Å². The molecule has 20 nitrogen and oxygen atoms in total. The maximum absolute atomic E-state index is 13.8. The number of nitrogens with zero attached hydrogens (tertiary/aromatic N) is 1. The summed E-state index contributed by atoms with van der Waals surface area (Å²) in [6, 6.07) is 2.49. The third-order valence-electron chi connectivity index (χ3n) is 8.92. The van der Waals surface area contributed by atoms with Gasteiger partial charge in [-0.3, -0.25) is 33.6 Å². The molecule has 56 heavy (non-hydrogen) atoms. The van der Waals surface area contributed by atoms with E-state index in [1.807, 2.05) is 0 Å². The van der Waals surface area contributed by atoms with E-state index in [1.54, 1.807) is 0 Å². The van der Waals surface area contributed by atoms with Crippen LogP contribution in [-0.2, 0) is 51.2 Å². The molecule has 2 aromatic rings. The van der Waals surface area contributed by atoms with Crippen molar-refractivity contribution in [2.24, 2.45) is 11.5 Å². The fourth-order valence-corrected chi connectivity index (χ4v) is 5.95. The zero-order valence-electron chi connectivity index (χ0n) is 30.4. The van der Waals surface area contributed by atoms with E-state index < -0.39 is 109 Å². The van der Waals surface area contributed by atoms with Crippen LogP contribution in [0.1, 0.15) is 50.2 Å². The molecule has 7 unspecified atom stereocenters. The summed E-state index contributed by atoms with van der Waals surface area (Å²) in [6.45, 7) is 1.13. The summed E-state index contributed by atoms with van der Waals surface area (Å²) in [4.78, 5) is 103. The third kappa shape index (κ3) is 13.2. The highest BCUT2D eigenvalue weighted by Crippen LogP contribution is 2.20. The van der Waals surface area contributed by atoms with Gasteiger partial charge in [0.25, 0.3) is 0 Å². The average Bonchev–Trinajstić information content (AvgIpc) is 3.63. The van der Waals surface area contributed by atoms with Crippen LogP contribution in [0.4, 0.5) is 0 Å². The number of aliphatic hydroxyl groups is 1. The minimum Gasteiger partial charge on any atom is -0.508 e. The van der Waals surface area contributed by atoms with E-state index in [4.69, 9.17) is 11.5 Å². The van der Waals surface area contributed by atoms with Gasteiger partial charge in [-0.15, -0.1) is 0 Å². The zero-order valence-corrected chi connectivity index (χ0v) is 30.4. The van der Waals surface area contributed by atoms with Crippen LogP contribution in [0.25, 0.3) is 0 Å². The number of nitrogens with two attached hydrogens (primary N) is 2. The molecule has 1 aliphatic heterocycles. The number of phenols is 2. The van der Waals surface area contributed by atoms with Gasteiger partial charge in [0.1, 0.15) is 41.7 Å². The molecule has 6 amide bonds. The van der Waals surface area contributed by atoms with E-state index in [-0.39, 0.29) is 43.7 Å². The molecule has 0 saturated carbocycles. The Labute approximate surface area is 320 Å². The summed E-state index contributed by atoms with van der Waals surface area (Å²) in [5, 5.41) is 57.7. The monoisotopic (exact) mass is 785 g/mol. The van der Waals surface area contributed by atoms with Crippen LogP contribution in [0.15, 0.2) is 48.5 Å². The van der Waals surface area contributed by atoms with Gasteiger partial charge in [0.2, 0.25) is 35.4 Å². The largest absolute Gasteiger partial charge is 0.508 e.